The Bertz CT molecular complexity index is 570. The fourth-order valence-electron chi connectivity index (χ4n) is 1.96. The highest BCUT2D eigenvalue weighted by Crippen LogP contribution is 2.17. The topological polar surface area (TPSA) is 64.4 Å². The Kier molecular flexibility index (Phi) is 5.29. The largest absolute Gasteiger partial charge is 0.492 e. The summed E-state index contributed by atoms with van der Waals surface area (Å²) in [6.45, 7) is 3.29. The summed E-state index contributed by atoms with van der Waals surface area (Å²) in [7, 11) is 0. The van der Waals surface area contributed by atoms with Crippen molar-refractivity contribution in [3.63, 3.8) is 0 Å². The third kappa shape index (κ3) is 4.57. The van der Waals surface area contributed by atoms with Gasteiger partial charge in [0, 0.05) is 24.7 Å². The average molecular weight is 286 g/mol. The van der Waals surface area contributed by atoms with Gasteiger partial charge >= 0.3 is 0 Å². The number of benzene rings is 2. The van der Waals surface area contributed by atoms with Gasteiger partial charge in [-0.15, -0.1) is 0 Å². The molecule has 2 aromatic carbocycles. The molecule has 21 heavy (non-hydrogen) atoms. The Labute approximate surface area is 123 Å². The molecule has 110 valence electrons. The van der Waals surface area contributed by atoms with Crippen LogP contribution in [0.2, 0.25) is 0 Å². The molecule has 1 N–H and O–H groups in total. The number of nitro benzene ring substituents is 1. The van der Waals surface area contributed by atoms with Crippen molar-refractivity contribution in [2.24, 2.45) is 0 Å². The molecule has 0 fully saturated rings. The number of hydrogen-bond donors (Lipinski definition) is 1. The van der Waals surface area contributed by atoms with Gasteiger partial charge in [0.25, 0.3) is 5.69 Å². The molecule has 0 aliphatic rings. The van der Waals surface area contributed by atoms with Gasteiger partial charge in [-0.25, -0.2) is 0 Å². The third-order valence-electron chi connectivity index (χ3n) is 3.17. The molecular formula is C16H18N2O3. The fraction of sp³-hybridized carbons (Fsp3) is 0.250. The Morgan fingerprint density at radius 3 is 2.43 bits per heavy atom. The number of nitrogens with zero attached hydrogens (tertiary/aromatic N) is 1. The first-order valence-electron chi connectivity index (χ1n) is 6.82. The highest BCUT2D eigenvalue weighted by Gasteiger charge is 2.08. The first-order valence-corrected chi connectivity index (χ1v) is 6.82. The predicted octanol–water partition coefficient (Wildman–Crippen LogP) is 3.32. The van der Waals surface area contributed by atoms with Gasteiger partial charge in [-0.3, -0.25) is 10.1 Å². The molecule has 0 bridgehead atoms. The van der Waals surface area contributed by atoms with Crippen LogP contribution < -0.4 is 10.1 Å². The van der Waals surface area contributed by atoms with Crippen LogP contribution in [-0.4, -0.2) is 18.1 Å². The smallest absolute Gasteiger partial charge is 0.269 e. The highest BCUT2D eigenvalue weighted by molar-refractivity contribution is 5.34. The number of rotatable bonds is 7. The minimum absolute atomic E-state index is 0.110. The number of nitrogens with one attached hydrogen (secondary N) is 1. The van der Waals surface area contributed by atoms with Gasteiger partial charge in [0.1, 0.15) is 12.4 Å². The van der Waals surface area contributed by atoms with Gasteiger partial charge in [-0.2, -0.15) is 0 Å². The van der Waals surface area contributed by atoms with Crippen LogP contribution in [0, 0.1) is 10.1 Å². The van der Waals surface area contributed by atoms with Gasteiger partial charge < -0.3 is 10.1 Å². The summed E-state index contributed by atoms with van der Waals surface area (Å²) in [6, 6.07) is 16.3. The van der Waals surface area contributed by atoms with Crippen molar-refractivity contribution in [2.45, 2.75) is 13.0 Å². The van der Waals surface area contributed by atoms with Crippen LogP contribution in [0.25, 0.3) is 0 Å². The summed E-state index contributed by atoms with van der Waals surface area (Å²) in [4.78, 5) is 10.2. The van der Waals surface area contributed by atoms with Crippen LogP contribution in [0.5, 0.6) is 5.75 Å². The zero-order valence-corrected chi connectivity index (χ0v) is 11.9. The number of non-ortho nitro benzene ring substituents is 1. The summed E-state index contributed by atoms with van der Waals surface area (Å²) in [5.74, 6) is 0.849. The SMILES string of the molecule is CC(NCCOc1ccccc1)c1ccc([N+](=O)[O-])cc1. The molecule has 0 radical (unpaired) electrons. The Morgan fingerprint density at radius 1 is 1.14 bits per heavy atom. The Morgan fingerprint density at radius 2 is 1.81 bits per heavy atom. The molecule has 0 spiro atoms. The summed E-state index contributed by atoms with van der Waals surface area (Å²) in [6.07, 6.45) is 0. The van der Waals surface area contributed by atoms with Crippen LogP contribution in [0.15, 0.2) is 54.6 Å². The van der Waals surface area contributed by atoms with Gasteiger partial charge in [0.2, 0.25) is 0 Å². The van der Waals surface area contributed by atoms with Gasteiger partial charge in [-0.05, 0) is 24.6 Å². The van der Waals surface area contributed by atoms with E-state index in [4.69, 9.17) is 4.74 Å². The van der Waals surface area contributed by atoms with Crippen LogP contribution in [0.4, 0.5) is 5.69 Å². The quantitative estimate of drug-likeness (QED) is 0.482. The Balaban J connectivity index is 1.76. The molecule has 0 heterocycles. The van der Waals surface area contributed by atoms with Crippen molar-refractivity contribution in [2.75, 3.05) is 13.2 Å². The normalized spacial score (nSPS) is 11.9. The maximum absolute atomic E-state index is 10.6. The van der Waals surface area contributed by atoms with Crippen molar-refractivity contribution in [3.05, 3.63) is 70.3 Å². The van der Waals surface area contributed by atoms with Crippen molar-refractivity contribution in [1.29, 1.82) is 0 Å². The fourth-order valence-corrected chi connectivity index (χ4v) is 1.96. The lowest BCUT2D eigenvalue weighted by molar-refractivity contribution is -0.384. The summed E-state index contributed by atoms with van der Waals surface area (Å²) in [5, 5.41) is 13.9. The minimum Gasteiger partial charge on any atom is -0.492 e. The minimum atomic E-state index is -0.393. The van der Waals surface area contributed by atoms with Crippen LogP contribution in [0.3, 0.4) is 0 Å². The standard InChI is InChI=1S/C16H18N2O3/c1-13(14-7-9-15(10-8-14)18(19)20)17-11-12-21-16-5-3-2-4-6-16/h2-10,13,17H,11-12H2,1H3. The maximum atomic E-state index is 10.6. The average Bonchev–Trinajstić information content (AvgIpc) is 2.52. The van der Waals surface area contributed by atoms with Gasteiger partial charge in [-0.1, -0.05) is 30.3 Å². The highest BCUT2D eigenvalue weighted by atomic mass is 16.6. The van der Waals surface area contributed by atoms with E-state index in [1.54, 1.807) is 12.1 Å². The van der Waals surface area contributed by atoms with Crippen molar-refractivity contribution >= 4 is 5.69 Å². The molecule has 5 nitrogen and oxygen atoms in total. The molecule has 2 rings (SSSR count). The van der Waals surface area contributed by atoms with Crippen LogP contribution >= 0.6 is 0 Å². The molecule has 5 heteroatoms. The zero-order valence-electron chi connectivity index (χ0n) is 11.9. The summed E-state index contributed by atoms with van der Waals surface area (Å²) in [5.41, 5.74) is 1.12. The second-order valence-corrected chi connectivity index (χ2v) is 4.69. The second kappa shape index (κ2) is 7.40. The molecule has 0 aliphatic heterocycles. The lowest BCUT2D eigenvalue weighted by atomic mass is 10.1. The van der Waals surface area contributed by atoms with E-state index in [0.29, 0.717) is 13.2 Å². The molecule has 0 aromatic heterocycles. The number of nitro groups is 1. The molecule has 1 unspecified atom stereocenters. The molecule has 0 saturated carbocycles. The van der Waals surface area contributed by atoms with E-state index in [0.717, 1.165) is 11.3 Å². The maximum Gasteiger partial charge on any atom is 0.269 e. The van der Waals surface area contributed by atoms with E-state index in [1.165, 1.54) is 12.1 Å². The summed E-state index contributed by atoms with van der Waals surface area (Å²) < 4.78 is 5.59. The predicted molar refractivity (Wildman–Crippen MR) is 81.5 cm³/mol. The van der Waals surface area contributed by atoms with E-state index >= 15 is 0 Å². The molecule has 2 aromatic rings. The number of hydrogen-bond acceptors (Lipinski definition) is 4. The summed E-state index contributed by atoms with van der Waals surface area (Å²) >= 11 is 0. The van der Waals surface area contributed by atoms with Crippen molar-refractivity contribution in [3.8, 4) is 5.75 Å². The number of para-hydroxylation sites is 1. The van der Waals surface area contributed by atoms with E-state index in [-0.39, 0.29) is 11.7 Å². The lowest BCUT2D eigenvalue weighted by Crippen LogP contribution is -2.24. The zero-order chi connectivity index (χ0) is 15.1. The lowest BCUT2D eigenvalue weighted by Gasteiger charge is -2.14. The molecular weight excluding hydrogens is 268 g/mol. The van der Waals surface area contributed by atoms with Crippen LogP contribution in [0.1, 0.15) is 18.5 Å². The molecule has 0 saturated heterocycles. The second-order valence-electron chi connectivity index (χ2n) is 4.69. The van der Waals surface area contributed by atoms with E-state index in [1.807, 2.05) is 37.3 Å². The van der Waals surface area contributed by atoms with E-state index in [9.17, 15) is 10.1 Å². The first-order chi connectivity index (χ1) is 10.2. The monoisotopic (exact) mass is 286 g/mol. The number of ether oxygens (including phenoxy) is 1. The third-order valence-corrected chi connectivity index (χ3v) is 3.17. The van der Waals surface area contributed by atoms with Crippen molar-refractivity contribution in [1.82, 2.24) is 5.32 Å². The van der Waals surface area contributed by atoms with Gasteiger partial charge in [0.05, 0.1) is 4.92 Å². The van der Waals surface area contributed by atoms with E-state index < -0.39 is 4.92 Å². The van der Waals surface area contributed by atoms with E-state index in [2.05, 4.69) is 5.32 Å². The molecule has 0 amide bonds. The molecule has 0 aliphatic carbocycles. The van der Waals surface area contributed by atoms with Crippen LogP contribution in [-0.2, 0) is 0 Å². The first kappa shape index (κ1) is 15.0. The Hall–Kier alpha value is -2.40. The van der Waals surface area contributed by atoms with Gasteiger partial charge in [0.15, 0.2) is 0 Å². The van der Waals surface area contributed by atoms with Crippen molar-refractivity contribution < 1.29 is 9.66 Å². The molecule has 1 atom stereocenters.